The SMILES string of the molecule is CC(=O)OC/C=C\CSCC(C)C. The highest BCUT2D eigenvalue weighted by atomic mass is 32.2. The number of thioether (sulfide) groups is 1. The number of carbonyl (C=O) groups excluding carboxylic acids is 1. The molecule has 0 radical (unpaired) electrons. The molecule has 0 saturated carbocycles. The first-order valence-electron chi connectivity index (χ1n) is 4.49. The molecule has 0 aliphatic carbocycles. The Morgan fingerprint density at radius 1 is 1.46 bits per heavy atom. The van der Waals surface area contributed by atoms with Gasteiger partial charge in [0.25, 0.3) is 0 Å². The van der Waals surface area contributed by atoms with E-state index in [0.717, 1.165) is 11.7 Å². The van der Waals surface area contributed by atoms with Crippen molar-refractivity contribution in [2.75, 3.05) is 18.1 Å². The zero-order valence-corrected chi connectivity index (χ0v) is 9.39. The lowest BCUT2D eigenvalue weighted by Gasteiger charge is -2.00. The van der Waals surface area contributed by atoms with Gasteiger partial charge in [0.1, 0.15) is 6.61 Å². The summed E-state index contributed by atoms with van der Waals surface area (Å²) in [4.78, 5) is 10.4. The average Bonchev–Trinajstić information content (AvgIpc) is 2.01. The molecule has 0 aromatic carbocycles. The van der Waals surface area contributed by atoms with Crippen LogP contribution in [0.1, 0.15) is 20.8 Å². The summed E-state index contributed by atoms with van der Waals surface area (Å²) in [6.45, 7) is 6.23. The van der Waals surface area contributed by atoms with Crippen molar-refractivity contribution in [1.82, 2.24) is 0 Å². The van der Waals surface area contributed by atoms with Crippen molar-refractivity contribution in [3.63, 3.8) is 0 Å². The molecule has 0 bridgehead atoms. The fraction of sp³-hybridized carbons (Fsp3) is 0.700. The lowest BCUT2D eigenvalue weighted by Crippen LogP contribution is -1.97. The van der Waals surface area contributed by atoms with Gasteiger partial charge < -0.3 is 4.74 Å². The Bertz CT molecular complexity index is 164. The van der Waals surface area contributed by atoms with E-state index in [-0.39, 0.29) is 5.97 Å². The van der Waals surface area contributed by atoms with Crippen LogP contribution in [0.5, 0.6) is 0 Å². The largest absolute Gasteiger partial charge is 0.462 e. The van der Waals surface area contributed by atoms with E-state index in [1.807, 2.05) is 23.9 Å². The summed E-state index contributed by atoms with van der Waals surface area (Å²) in [6, 6.07) is 0. The highest BCUT2D eigenvalue weighted by molar-refractivity contribution is 7.99. The summed E-state index contributed by atoms with van der Waals surface area (Å²) in [7, 11) is 0. The Morgan fingerprint density at radius 2 is 2.15 bits per heavy atom. The second-order valence-corrected chi connectivity index (χ2v) is 4.28. The fourth-order valence-corrected chi connectivity index (χ4v) is 1.55. The van der Waals surface area contributed by atoms with Crippen LogP contribution in [0.3, 0.4) is 0 Å². The highest BCUT2D eigenvalue weighted by Crippen LogP contribution is 2.06. The molecule has 0 unspecified atom stereocenters. The molecule has 0 saturated heterocycles. The molecule has 0 rings (SSSR count). The summed E-state index contributed by atoms with van der Waals surface area (Å²) in [5.41, 5.74) is 0. The van der Waals surface area contributed by atoms with E-state index in [4.69, 9.17) is 4.74 Å². The lowest BCUT2D eigenvalue weighted by molar-refractivity contribution is -0.139. The third kappa shape index (κ3) is 11.6. The van der Waals surface area contributed by atoms with Crippen LogP contribution >= 0.6 is 11.8 Å². The standard InChI is InChI=1S/C10H18O2S/c1-9(2)8-13-7-5-4-6-12-10(3)11/h4-5,9H,6-8H2,1-3H3/b5-4-. The van der Waals surface area contributed by atoms with Crippen molar-refractivity contribution in [3.05, 3.63) is 12.2 Å². The molecule has 3 heteroatoms. The van der Waals surface area contributed by atoms with E-state index in [1.54, 1.807) is 0 Å². The molecule has 0 aliphatic rings. The summed E-state index contributed by atoms with van der Waals surface area (Å²) in [5, 5.41) is 0. The molecule has 0 fully saturated rings. The maximum atomic E-state index is 10.4. The first kappa shape index (κ1) is 12.6. The summed E-state index contributed by atoms with van der Waals surface area (Å²) < 4.78 is 4.73. The first-order valence-corrected chi connectivity index (χ1v) is 5.64. The van der Waals surface area contributed by atoms with Gasteiger partial charge in [0.05, 0.1) is 0 Å². The molecule has 2 nitrogen and oxygen atoms in total. The number of carbonyl (C=O) groups is 1. The van der Waals surface area contributed by atoms with Gasteiger partial charge in [0, 0.05) is 12.7 Å². The number of esters is 1. The minimum atomic E-state index is -0.223. The molecule has 0 N–H and O–H groups in total. The molecule has 0 aliphatic heterocycles. The number of hydrogen-bond acceptors (Lipinski definition) is 3. The van der Waals surface area contributed by atoms with Crippen molar-refractivity contribution in [3.8, 4) is 0 Å². The number of ether oxygens (including phenoxy) is 1. The maximum absolute atomic E-state index is 10.4. The van der Waals surface area contributed by atoms with Crippen LogP contribution in [0.15, 0.2) is 12.2 Å². The maximum Gasteiger partial charge on any atom is 0.302 e. The third-order valence-corrected chi connectivity index (χ3v) is 2.55. The van der Waals surface area contributed by atoms with Crippen molar-refractivity contribution < 1.29 is 9.53 Å². The van der Waals surface area contributed by atoms with Crippen LogP contribution in [-0.4, -0.2) is 24.1 Å². The second kappa shape index (κ2) is 8.17. The molecule has 76 valence electrons. The van der Waals surface area contributed by atoms with Crippen molar-refractivity contribution in [2.24, 2.45) is 5.92 Å². The van der Waals surface area contributed by atoms with Crippen LogP contribution in [0.2, 0.25) is 0 Å². The molecule has 13 heavy (non-hydrogen) atoms. The van der Waals surface area contributed by atoms with E-state index < -0.39 is 0 Å². The van der Waals surface area contributed by atoms with Gasteiger partial charge in [-0.3, -0.25) is 4.79 Å². The molecule has 0 aromatic rings. The van der Waals surface area contributed by atoms with Crippen LogP contribution in [0.25, 0.3) is 0 Å². The average molecular weight is 202 g/mol. The van der Waals surface area contributed by atoms with Gasteiger partial charge in [0.2, 0.25) is 0 Å². The van der Waals surface area contributed by atoms with Gasteiger partial charge in [-0.05, 0) is 11.7 Å². The molecule has 0 spiro atoms. The molecule has 0 aromatic heterocycles. The second-order valence-electron chi connectivity index (χ2n) is 3.21. The molecule has 0 atom stereocenters. The lowest BCUT2D eigenvalue weighted by atomic mass is 10.3. The third-order valence-electron chi connectivity index (χ3n) is 1.21. The molecule has 0 amide bonds. The summed E-state index contributed by atoms with van der Waals surface area (Å²) >= 11 is 1.89. The van der Waals surface area contributed by atoms with Gasteiger partial charge in [-0.1, -0.05) is 26.0 Å². The van der Waals surface area contributed by atoms with Crippen LogP contribution in [-0.2, 0) is 9.53 Å². The Morgan fingerprint density at radius 3 is 2.69 bits per heavy atom. The van der Waals surface area contributed by atoms with E-state index in [2.05, 4.69) is 13.8 Å². The topological polar surface area (TPSA) is 26.3 Å². The normalized spacial score (nSPS) is 11.1. The summed E-state index contributed by atoms with van der Waals surface area (Å²) in [6.07, 6.45) is 3.92. The van der Waals surface area contributed by atoms with Gasteiger partial charge >= 0.3 is 5.97 Å². The Labute approximate surface area is 84.7 Å². The zero-order chi connectivity index (χ0) is 10.1. The van der Waals surface area contributed by atoms with Crippen LogP contribution < -0.4 is 0 Å². The highest BCUT2D eigenvalue weighted by Gasteiger charge is 1.91. The number of hydrogen-bond donors (Lipinski definition) is 0. The summed E-state index contributed by atoms with van der Waals surface area (Å²) in [5.74, 6) is 2.70. The molecular weight excluding hydrogens is 184 g/mol. The van der Waals surface area contributed by atoms with Gasteiger partial charge in [-0.25, -0.2) is 0 Å². The van der Waals surface area contributed by atoms with Gasteiger partial charge in [0.15, 0.2) is 0 Å². The van der Waals surface area contributed by atoms with Gasteiger partial charge in [-0.15, -0.1) is 0 Å². The van der Waals surface area contributed by atoms with Gasteiger partial charge in [-0.2, -0.15) is 11.8 Å². The number of rotatable bonds is 6. The van der Waals surface area contributed by atoms with Crippen molar-refractivity contribution in [2.45, 2.75) is 20.8 Å². The Kier molecular flexibility index (Phi) is 7.90. The Hall–Kier alpha value is -0.440. The van der Waals surface area contributed by atoms with E-state index >= 15 is 0 Å². The van der Waals surface area contributed by atoms with Crippen molar-refractivity contribution >= 4 is 17.7 Å². The minimum absolute atomic E-state index is 0.223. The van der Waals surface area contributed by atoms with Crippen molar-refractivity contribution in [1.29, 1.82) is 0 Å². The first-order chi connectivity index (χ1) is 6.13. The monoisotopic (exact) mass is 202 g/mol. The minimum Gasteiger partial charge on any atom is -0.462 e. The molecular formula is C10H18O2S. The molecule has 0 heterocycles. The van der Waals surface area contributed by atoms with E-state index in [0.29, 0.717) is 6.61 Å². The fourth-order valence-electron chi connectivity index (χ4n) is 0.673. The zero-order valence-electron chi connectivity index (χ0n) is 8.58. The predicted molar refractivity (Wildman–Crippen MR) is 57.9 cm³/mol. The Balaban J connectivity index is 3.17. The van der Waals surface area contributed by atoms with E-state index in [9.17, 15) is 4.79 Å². The van der Waals surface area contributed by atoms with Crippen LogP contribution in [0, 0.1) is 5.92 Å². The van der Waals surface area contributed by atoms with Crippen LogP contribution in [0.4, 0.5) is 0 Å². The smallest absolute Gasteiger partial charge is 0.302 e. The quantitative estimate of drug-likeness (QED) is 0.376. The van der Waals surface area contributed by atoms with E-state index in [1.165, 1.54) is 12.7 Å². The predicted octanol–water partition coefficient (Wildman–Crippen LogP) is 2.49.